The molecule has 0 bridgehead atoms. The zero-order valence-corrected chi connectivity index (χ0v) is 17.9. The van der Waals surface area contributed by atoms with Gasteiger partial charge in [-0.05, 0) is 40.0 Å². The van der Waals surface area contributed by atoms with E-state index in [9.17, 15) is 9.18 Å². The zero-order valence-electron chi connectivity index (χ0n) is 17.9. The van der Waals surface area contributed by atoms with Gasteiger partial charge in [0.15, 0.2) is 6.23 Å². The molecule has 0 radical (unpaired) electrons. The molecule has 1 unspecified atom stereocenters. The van der Waals surface area contributed by atoms with Crippen molar-refractivity contribution in [1.82, 2.24) is 14.7 Å². The fourth-order valence-corrected chi connectivity index (χ4v) is 4.06. The van der Waals surface area contributed by atoms with E-state index < -0.39 is 11.4 Å². The third-order valence-corrected chi connectivity index (χ3v) is 5.55. The van der Waals surface area contributed by atoms with Crippen LogP contribution in [0.4, 0.5) is 20.6 Å². The van der Waals surface area contributed by atoms with Crippen LogP contribution in [0.15, 0.2) is 12.3 Å². The van der Waals surface area contributed by atoms with E-state index in [0.717, 1.165) is 30.3 Å². The highest BCUT2D eigenvalue weighted by Gasteiger charge is 2.29. The highest BCUT2D eigenvalue weighted by Crippen LogP contribution is 2.36. The lowest BCUT2D eigenvalue weighted by Gasteiger charge is -2.37. The van der Waals surface area contributed by atoms with Crippen LogP contribution < -0.4 is 10.6 Å². The molecule has 164 valence electrons. The summed E-state index contributed by atoms with van der Waals surface area (Å²) in [6, 6.07) is 1.47. The molecular weight excluding hydrogens is 389 g/mol. The van der Waals surface area contributed by atoms with Gasteiger partial charge in [-0.1, -0.05) is 0 Å². The number of carbonyl (C=O) groups excluding carboxylic acids is 1. The van der Waals surface area contributed by atoms with Crippen LogP contribution in [0.1, 0.15) is 46.3 Å². The molecule has 8 nitrogen and oxygen atoms in total. The molecule has 1 amide bonds. The maximum Gasteiger partial charge on any atom is 0.410 e. The fourth-order valence-electron chi connectivity index (χ4n) is 4.06. The number of hydrogen-bond acceptors (Lipinski definition) is 6. The number of piperazine rings is 1. The van der Waals surface area contributed by atoms with Gasteiger partial charge in [-0.15, -0.1) is 0 Å². The van der Waals surface area contributed by atoms with E-state index in [2.05, 4.69) is 10.00 Å². The van der Waals surface area contributed by atoms with Gasteiger partial charge in [-0.25, -0.2) is 13.9 Å². The lowest BCUT2D eigenvalue weighted by Crippen LogP contribution is -2.50. The summed E-state index contributed by atoms with van der Waals surface area (Å²) in [4.78, 5) is 16.1. The van der Waals surface area contributed by atoms with Gasteiger partial charge in [0.05, 0.1) is 23.1 Å². The third-order valence-electron chi connectivity index (χ3n) is 5.55. The molecule has 0 spiro atoms. The van der Waals surface area contributed by atoms with Crippen LogP contribution in [0, 0.1) is 5.82 Å². The monoisotopic (exact) mass is 419 g/mol. The van der Waals surface area contributed by atoms with Crippen molar-refractivity contribution >= 4 is 28.4 Å². The number of ether oxygens (including phenoxy) is 2. The van der Waals surface area contributed by atoms with Crippen LogP contribution in [-0.4, -0.2) is 59.2 Å². The normalized spacial score (nSPS) is 20.6. The van der Waals surface area contributed by atoms with Crippen molar-refractivity contribution in [2.45, 2.75) is 51.9 Å². The van der Waals surface area contributed by atoms with Gasteiger partial charge in [-0.2, -0.15) is 5.10 Å². The van der Waals surface area contributed by atoms with Gasteiger partial charge < -0.3 is 25.0 Å². The van der Waals surface area contributed by atoms with E-state index in [1.165, 1.54) is 6.07 Å². The number of anilines is 2. The van der Waals surface area contributed by atoms with Crippen LogP contribution in [0.2, 0.25) is 0 Å². The van der Waals surface area contributed by atoms with Gasteiger partial charge in [0, 0.05) is 44.2 Å². The summed E-state index contributed by atoms with van der Waals surface area (Å²) >= 11 is 0. The van der Waals surface area contributed by atoms with Crippen molar-refractivity contribution in [2.24, 2.45) is 0 Å². The number of benzene rings is 1. The Morgan fingerprint density at radius 2 is 2.00 bits per heavy atom. The molecule has 0 saturated carbocycles. The van der Waals surface area contributed by atoms with Crippen LogP contribution in [0.5, 0.6) is 0 Å². The maximum absolute atomic E-state index is 14.8. The van der Waals surface area contributed by atoms with E-state index in [1.54, 1.807) is 15.8 Å². The number of halogens is 1. The van der Waals surface area contributed by atoms with E-state index in [1.807, 2.05) is 20.8 Å². The number of nitrogens with zero attached hydrogens (tertiary/aromatic N) is 4. The number of amides is 1. The van der Waals surface area contributed by atoms with Gasteiger partial charge in [0.2, 0.25) is 0 Å². The quantitative estimate of drug-likeness (QED) is 0.750. The smallest absolute Gasteiger partial charge is 0.410 e. The number of fused-ring (bicyclic) bond motifs is 1. The first-order chi connectivity index (χ1) is 14.2. The summed E-state index contributed by atoms with van der Waals surface area (Å²) in [6.45, 7) is 8.37. The molecule has 4 rings (SSSR count). The Bertz CT molecular complexity index is 925. The molecule has 1 aromatic heterocycles. The van der Waals surface area contributed by atoms with Crippen molar-refractivity contribution in [3.63, 3.8) is 0 Å². The standard InChI is InChI=1S/C21H30FN5O3/c1-21(2,3)30-20(28)26-9-7-25(8-10-26)16-12-15(22)18(23)19-14(16)13-24-27(19)17-6-4-5-11-29-17/h12-13,17H,4-11,23H2,1-3H3. The number of nitrogen functional groups attached to an aromatic ring is 1. The van der Waals surface area contributed by atoms with Gasteiger partial charge >= 0.3 is 6.09 Å². The van der Waals surface area contributed by atoms with Crippen molar-refractivity contribution in [3.8, 4) is 0 Å². The second-order valence-corrected chi connectivity index (χ2v) is 8.92. The fraction of sp³-hybridized carbons (Fsp3) is 0.619. The molecule has 2 fully saturated rings. The van der Waals surface area contributed by atoms with E-state index >= 15 is 0 Å². The van der Waals surface area contributed by atoms with Crippen molar-refractivity contribution in [2.75, 3.05) is 43.4 Å². The molecule has 3 heterocycles. The summed E-state index contributed by atoms with van der Waals surface area (Å²) in [5.41, 5.74) is 6.98. The number of rotatable bonds is 2. The Balaban J connectivity index is 1.57. The Hall–Kier alpha value is -2.55. The van der Waals surface area contributed by atoms with Crippen molar-refractivity contribution in [3.05, 3.63) is 18.1 Å². The molecule has 30 heavy (non-hydrogen) atoms. The molecule has 1 atom stereocenters. The van der Waals surface area contributed by atoms with Crippen LogP contribution in [-0.2, 0) is 9.47 Å². The van der Waals surface area contributed by atoms with E-state index in [4.69, 9.17) is 15.2 Å². The summed E-state index contributed by atoms with van der Waals surface area (Å²) in [5, 5.41) is 5.29. The van der Waals surface area contributed by atoms with Crippen LogP contribution in [0.25, 0.3) is 10.9 Å². The summed E-state index contributed by atoms with van der Waals surface area (Å²) in [5.74, 6) is -0.468. The minimum absolute atomic E-state index is 0.0906. The molecule has 0 aliphatic carbocycles. The highest BCUT2D eigenvalue weighted by molar-refractivity contribution is 5.99. The molecule has 2 aliphatic heterocycles. The largest absolute Gasteiger partial charge is 0.444 e. The molecule has 2 N–H and O–H groups in total. The summed E-state index contributed by atoms with van der Waals surface area (Å²) in [7, 11) is 0. The predicted octanol–water partition coefficient (Wildman–Crippen LogP) is 3.51. The van der Waals surface area contributed by atoms with Gasteiger partial charge in [-0.3, -0.25) is 0 Å². The predicted molar refractivity (Wildman–Crippen MR) is 113 cm³/mol. The average Bonchev–Trinajstić information content (AvgIpc) is 3.16. The van der Waals surface area contributed by atoms with Gasteiger partial charge in [0.25, 0.3) is 0 Å². The first-order valence-corrected chi connectivity index (χ1v) is 10.5. The second-order valence-electron chi connectivity index (χ2n) is 8.92. The average molecular weight is 420 g/mol. The number of hydrogen-bond donors (Lipinski definition) is 1. The number of aromatic nitrogens is 2. The zero-order chi connectivity index (χ0) is 21.5. The first-order valence-electron chi connectivity index (χ1n) is 10.5. The van der Waals surface area contributed by atoms with Crippen LogP contribution in [0.3, 0.4) is 0 Å². The summed E-state index contributed by atoms with van der Waals surface area (Å²) in [6.07, 6.45) is 4.08. The third kappa shape index (κ3) is 4.03. The first kappa shape index (κ1) is 20.7. The molecule has 9 heteroatoms. The number of nitrogens with two attached hydrogens (primary N) is 1. The second kappa shape index (κ2) is 7.94. The minimum Gasteiger partial charge on any atom is -0.444 e. The van der Waals surface area contributed by atoms with Crippen LogP contribution >= 0.6 is 0 Å². The minimum atomic E-state index is -0.532. The van der Waals surface area contributed by atoms with Gasteiger partial charge in [0.1, 0.15) is 11.4 Å². The molecule has 2 aliphatic rings. The Morgan fingerprint density at radius 1 is 1.27 bits per heavy atom. The Labute approximate surface area is 175 Å². The molecule has 2 saturated heterocycles. The lowest BCUT2D eigenvalue weighted by molar-refractivity contribution is -0.0366. The molecular formula is C21H30FN5O3. The topological polar surface area (TPSA) is 85.9 Å². The van der Waals surface area contributed by atoms with E-state index in [0.29, 0.717) is 38.3 Å². The number of carbonyl (C=O) groups is 1. The Morgan fingerprint density at radius 3 is 2.63 bits per heavy atom. The SMILES string of the molecule is CC(C)(C)OC(=O)N1CCN(c2cc(F)c(N)c3c2cnn3C2CCCCO2)CC1. The van der Waals surface area contributed by atoms with Crippen molar-refractivity contribution < 1.29 is 18.7 Å². The molecule has 1 aromatic carbocycles. The van der Waals surface area contributed by atoms with E-state index in [-0.39, 0.29) is 18.0 Å². The van der Waals surface area contributed by atoms with Crippen molar-refractivity contribution in [1.29, 1.82) is 0 Å². The Kier molecular flexibility index (Phi) is 5.48. The highest BCUT2D eigenvalue weighted by atomic mass is 19.1. The lowest BCUT2D eigenvalue weighted by atomic mass is 10.1. The summed E-state index contributed by atoms with van der Waals surface area (Å²) < 4.78 is 27.8. The molecule has 2 aromatic rings. The maximum atomic E-state index is 14.8.